The molecule has 1 unspecified atom stereocenters. The second-order valence-corrected chi connectivity index (χ2v) is 2.75. The summed E-state index contributed by atoms with van der Waals surface area (Å²) in [5.74, 6) is 0.616. The Labute approximate surface area is 62.9 Å². The summed E-state index contributed by atoms with van der Waals surface area (Å²) >= 11 is 0. The first kappa shape index (κ1) is 9.88. The summed E-state index contributed by atoms with van der Waals surface area (Å²) in [4.78, 5) is 0. The zero-order valence-corrected chi connectivity index (χ0v) is 6.72. The zero-order chi connectivity index (χ0) is 7.98. The van der Waals surface area contributed by atoms with E-state index in [9.17, 15) is 0 Å². The van der Waals surface area contributed by atoms with Gasteiger partial charge in [-0.3, -0.25) is 0 Å². The van der Waals surface area contributed by atoms with Gasteiger partial charge < -0.3 is 17.2 Å². The van der Waals surface area contributed by atoms with E-state index in [0.717, 1.165) is 25.8 Å². The van der Waals surface area contributed by atoms with Gasteiger partial charge in [-0.25, -0.2) is 0 Å². The highest BCUT2D eigenvalue weighted by atomic mass is 14.8. The minimum atomic E-state index is -0.170. The van der Waals surface area contributed by atoms with Crippen LogP contribution in [0.2, 0.25) is 0 Å². The first-order valence-electron chi connectivity index (χ1n) is 3.92. The van der Waals surface area contributed by atoms with Crippen LogP contribution in [0.15, 0.2) is 0 Å². The predicted octanol–water partition coefficient (Wildman–Crippen LogP) is -0.00500. The summed E-state index contributed by atoms with van der Waals surface area (Å²) in [6.45, 7) is 2.88. The summed E-state index contributed by atoms with van der Waals surface area (Å²) in [5.41, 5.74) is 16.3. The summed E-state index contributed by atoms with van der Waals surface area (Å²) in [7, 11) is 0. The highest BCUT2D eigenvalue weighted by Crippen LogP contribution is 2.11. The van der Waals surface area contributed by atoms with E-state index in [1.165, 1.54) is 0 Å². The van der Waals surface area contributed by atoms with Crippen LogP contribution in [0, 0.1) is 5.92 Å². The standard InChI is InChI=1S/C7H19N3/c1-2-6(3-4-8)5-7(9)10/h6-7H,2-5,8-10H2,1H3. The summed E-state index contributed by atoms with van der Waals surface area (Å²) in [6.07, 6.45) is 2.90. The minimum absolute atomic E-state index is 0.170. The van der Waals surface area contributed by atoms with Gasteiger partial charge in [-0.15, -0.1) is 0 Å². The van der Waals surface area contributed by atoms with Crippen LogP contribution in [-0.2, 0) is 0 Å². The van der Waals surface area contributed by atoms with Crippen LogP contribution < -0.4 is 17.2 Å². The smallest absolute Gasteiger partial charge is 0.0523 e. The SMILES string of the molecule is CCC(CCN)CC(N)N. The molecule has 3 heteroatoms. The topological polar surface area (TPSA) is 78.1 Å². The van der Waals surface area contributed by atoms with Crippen molar-refractivity contribution in [1.29, 1.82) is 0 Å². The third kappa shape index (κ3) is 4.73. The molecule has 0 saturated carbocycles. The lowest BCUT2D eigenvalue weighted by Crippen LogP contribution is -2.33. The van der Waals surface area contributed by atoms with Gasteiger partial charge in [-0.05, 0) is 25.3 Å². The van der Waals surface area contributed by atoms with Crippen molar-refractivity contribution in [3.05, 3.63) is 0 Å². The number of nitrogens with two attached hydrogens (primary N) is 3. The lowest BCUT2D eigenvalue weighted by Gasteiger charge is -2.15. The lowest BCUT2D eigenvalue weighted by atomic mass is 9.97. The maximum absolute atomic E-state index is 5.44. The highest BCUT2D eigenvalue weighted by Gasteiger charge is 2.06. The van der Waals surface area contributed by atoms with Crippen LogP contribution in [0.3, 0.4) is 0 Å². The minimum Gasteiger partial charge on any atom is -0.330 e. The first-order chi connectivity index (χ1) is 4.70. The van der Waals surface area contributed by atoms with Gasteiger partial charge in [0, 0.05) is 0 Å². The molecule has 0 rings (SSSR count). The molecule has 0 aromatic carbocycles. The average molecular weight is 145 g/mol. The van der Waals surface area contributed by atoms with E-state index in [2.05, 4.69) is 6.92 Å². The van der Waals surface area contributed by atoms with Gasteiger partial charge in [0.15, 0.2) is 0 Å². The molecule has 0 aromatic heterocycles. The summed E-state index contributed by atoms with van der Waals surface area (Å²) < 4.78 is 0. The molecule has 0 saturated heterocycles. The van der Waals surface area contributed by atoms with Crippen LogP contribution in [-0.4, -0.2) is 12.7 Å². The third-order valence-corrected chi connectivity index (χ3v) is 1.76. The lowest BCUT2D eigenvalue weighted by molar-refractivity contribution is 0.404. The van der Waals surface area contributed by atoms with E-state index < -0.39 is 0 Å². The Morgan fingerprint density at radius 2 is 1.90 bits per heavy atom. The number of rotatable bonds is 5. The van der Waals surface area contributed by atoms with E-state index in [-0.39, 0.29) is 6.17 Å². The maximum Gasteiger partial charge on any atom is 0.0523 e. The van der Waals surface area contributed by atoms with Crippen molar-refractivity contribution in [2.45, 2.75) is 32.4 Å². The Hall–Kier alpha value is -0.120. The fraction of sp³-hybridized carbons (Fsp3) is 1.00. The van der Waals surface area contributed by atoms with E-state index in [1.54, 1.807) is 0 Å². The molecule has 62 valence electrons. The van der Waals surface area contributed by atoms with Crippen molar-refractivity contribution >= 4 is 0 Å². The molecular formula is C7H19N3. The largest absolute Gasteiger partial charge is 0.330 e. The molecule has 10 heavy (non-hydrogen) atoms. The maximum atomic E-state index is 5.44. The van der Waals surface area contributed by atoms with Gasteiger partial charge in [0.05, 0.1) is 6.17 Å². The zero-order valence-electron chi connectivity index (χ0n) is 6.72. The van der Waals surface area contributed by atoms with E-state index in [4.69, 9.17) is 17.2 Å². The number of hydrogen-bond acceptors (Lipinski definition) is 3. The average Bonchev–Trinajstić information content (AvgIpc) is 1.86. The molecule has 0 radical (unpaired) electrons. The van der Waals surface area contributed by atoms with Crippen LogP contribution in [0.1, 0.15) is 26.2 Å². The molecule has 0 aliphatic carbocycles. The first-order valence-corrected chi connectivity index (χ1v) is 3.92. The molecule has 6 N–H and O–H groups in total. The Morgan fingerprint density at radius 3 is 2.20 bits per heavy atom. The molecular weight excluding hydrogens is 126 g/mol. The van der Waals surface area contributed by atoms with Gasteiger partial charge in [0.2, 0.25) is 0 Å². The van der Waals surface area contributed by atoms with E-state index in [0.29, 0.717) is 5.92 Å². The molecule has 0 heterocycles. The van der Waals surface area contributed by atoms with Gasteiger partial charge in [0.25, 0.3) is 0 Å². The monoisotopic (exact) mass is 145 g/mol. The molecule has 0 spiro atoms. The van der Waals surface area contributed by atoms with Crippen molar-refractivity contribution in [3.8, 4) is 0 Å². The van der Waals surface area contributed by atoms with Gasteiger partial charge in [0.1, 0.15) is 0 Å². The summed E-state index contributed by atoms with van der Waals surface area (Å²) in [5, 5.41) is 0. The molecule has 1 atom stereocenters. The molecule has 0 aromatic rings. The van der Waals surface area contributed by atoms with Gasteiger partial charge >= 0.3 is 0 Å². The Bertz CT molecular complexity index is 73.3. The fourth-order valence-corrected chi connectivity index (χ4v) is 1.11. The molecule has 0 bridgehead atoms. The highest BCUT2D eigenvalue weighted by molar-refractivity contribution is 4.62. The van der Waals surface area contributed by atoms with Crippen LogP contribution in [0.5, 0.6) is 0 Å². The second-order valence-electron chi connectivity index (χ2n) is 2.75. The Balaban J connectivity index is 3.39. The van der Waals surface area contributed by atoms with Crippen LogP contribution >= 0.6 is 0 Å². The predicted molar refractivity (Wildman–Crippen MR) is 44.2 cm³/mol. The van der Waals surface area contributed by atoms with Crippen molar-refractivity contribution < 1.29 is 0 Å². The molecule has 0 fully saturated rings. The van der Waals surface area contributed by atoms with Gasteiger partial charge in [-0.2, -0.15) is 0 Å². The third-order valence-electron chi connectivity index (χ3n) is 1.76. The van der Waals surface area contributed by atoms with Crippen LogP contribution in [0.25, 0.3) is 0 Å². The van der Waals surface area contributed by atoms with Crippen molar-refractivity contribution in [2.24, 2.45) is 23.1 Å². The quantitative estimate of drug-likeness (QED) is 0.476. The van der Waals surface area contributed by atoms with Gasteiger partial charge in [-0.1, -0.05) is 13.3 Å². The normalized spacial score (nSPS) is 14.1. The van der Waals surface area contributed by atoms with Crippen LogP contribution in [0.4, 0.5) is 0 Å². The second kappa shape index (κ2) is 5.65. The van der Waals surface area contributed by atoms with Crippen molar-refractivity contribution in [1.82, 2.24) is 0 Å². The van der Waals surface area contributed by atoms with Crippen molar-refractivity contribution in [3.63, 3.8) is 0 Å². The Kier molecular flexibility index (Phi) is 5.58. The molecule has 3 nitrogen and oxygen atoms in total. The molecule has 0 aliphatic rings. The number of hydrogen-bond donors (Lipinski definition) is 3. The van der Waals surface area contributed by atoms with E-state index in [1.807, 2.05) is 0 Å². The summed E-state index contributed by atoms with van der Waals surface area (Å²) in [6, 6.07) is 0. The Morgan fingerprint density at radius 1 is 1.30 bits per heavy atom. The fourth-order valence-electron chi connectivity index (χ4n) is 1.11. The van der Waals surface area contributed by atoms with E-state index >= 15 is 0 Å². The molecule has 0 amide bonds. The van der Waals surface area contributed by atoms with Crippen molar-refractivity contribution in [2.75, 3.05) is 6.54 Å². The molecule has 0 aliphatic heterocycles.